The maximum atomic E-state index is 12.0. The molecule has 0 aliphatic heterocycles. The van der Waals surface area contributed by atoms with Crippen LogP contribution in [0, 0.1) is 17.8 Å². The zero-order valence-electron chi connectivity index (χ0n) is 13.9. The van der Waals surface area contributed by atoms with Crippen molar-refractivity contribution < 1.29 is 4.79 Å². The highest BCUT2D eigenvalue weighted by molar-refractivity contribution is 7.99. The summed E-state index contributed by atoms with van der Waals surface area (Å²) < 4.78 is 0. The molecule has 0 unspecified atom stereocenters. The molecular formula is C17H21N5OS2. The van der Waals surface area contributed by atoms with E-state index in [4.69, 9.17) is 4.98 Å². The second kappa shape index (κ2) is 6.09. The van der Waals surface area contributed by atoms with E-state index in [0.717, 1.165) is 23.6 Å². The fourth-order valence-corrected chi connectivity index (χ4v) is 6.66. The van der Waals surface area contributed by atoms with Gasteiger partial charge in [-0.1, -0.05) is 11.8 Å². The van der Waals surface area contributed by atoms with E-state index in [1.54, 1.807) is 6.20 Å². The predicted octanol–water partition coefficient (Wildman–Crippen LogP) is 3.46. The number of hydrogen-bond acceptors (Lipinski definition) is 6. The quantitative estimate of drug-likeness (QED) is 0.782. The molecule has 4 aliphatic rings. The zero-order chi connectivity index (χ0) is 16.9. The Kier molecular flexibility index (Phi) is 3.85. The molecule has 132 valence electrons. The predicted molar refractivity (Wildman–Crippen MR) is 97.7 cm³/mol. The molecule has 6 rings (SSSR count). The summed E-state index contributed by atoms with van der Waals surface area (Å²) in [6.45, 7) is 0. The number of thioether (sulfide) groups is 1. The van der Waals surface area contributed by atoms with E-state index in [-0.39, 0.29) is 11.3 Å². The minimum atomic E-state index is -0.0684. The van der Waals surface area contributed by atoms with Crippen LogP contribution in [0.5, 0.6) is 0 Å². The van der Waals surface area contributed by atoms with Crippen LogP contribution in [-0.2, 0) is 10.2 Å². The molecule has 2 heterocycles. The fourth-order valence-electron chi connectivity index (χ4n) is 5.52. The number of thiazole rings is 1. The Hall–Kier alpha value is -1.41. The van der Waals surface area contributed by atoms with Crippen LogP contribution >= 0.6 is 23.1 Å². The van der Waals surface area contributed by atoms with Gasteiger partial charge in [0.05, 0.1) is 5.75 Å². The largest absolute Gasteiger partial charge is 0.301 e. The van der Waals surface area contributed by atoms with Gasteiger partial charge in [0.25, 0.3) is 0 Å². The van der Waals surface area contributed by atoms with Crippen molar-refractivity contribution >= 4 is 34.1 Å². The number of aromatic nitrogens is 4. The van der Waals surface area contributed by atoms with E-state index in [2.05, 4.69) is 20.5 Å². The molecule has 0 aromatic carbocycles. The Labute approximate surface area is 154 Å². The standard InChI is InChI=1S/C17H21N5OS2/c23-13(19-15-18-1-2-24-15)9-25-16-20-14(21-22-16)17-6-10-3-11(7-17)5-12(4-10)8-17/h1-2,10-12H,3-9H2,(H,18,19,23)(H,20,21,22). The Morgan fingerprint density at radius 3 is 2.64 bits per heavy atom. The second-order valence-electron chi connectivity index (χ2n) is 7.84. The number of nitrogens with zero attached hydrogens (tertiary/aromatic N) is 3. The number of nitrogens with one attached hydrogen (secondary N) is 2. The molecular weight excluding hydrogens is 354 g/mol. The summed E-state index contributed by atoms with van der Waals surface area (Å²) in [5, 5.41) is 13.5. The van der Waals surface area contributed by atoms with Gasteiger partial charge < -0.3 is 5.32 Å². The summed E-state index contributed by atoms with van der Waals surface area (Å²) in [4.78, 5) is 20.8. The zero-order valence-corrected chi connectivity index (χ0v) is 15.5. The number of H-pyrrole nitrogens is 1. The minimum absolute atomic E-state index is 0.0684. The summed E-state index contributed by atoms with van der Waals surface area (Å²) in [6, 6.07) is 0. The molecule has 4 aliphatic carbocycles. The summed E-state index contributed by atoms with van der Waals surface area (Å²) in [7, 11) is 0. The van der Waals surface area contributed by atoms with E-state index in [1.165, 1.54) is 61.6 Å². The molecule has 0 atom stereocenters. The topological polar surface area (TPSA) is 83.6 Å². The number of amides is 1. The van der Waals surface area contributed by atoms with Gasteiger partial charge in [0, 0.05) is 17.0 Å². The van der Waals surface area contributed by atoms with Crippen LogP contribution in [0.1, 0.15) is 44.3 Å². The lowest BCUT2D eigenvalue weighted by Gasteiger charge is -2.55. The molecule has 6 nitrogen and oxygen atoms in total. The number of carbonyl (C=O) groups is 1. The van der Waals surface area contributed by atoms with Crippen LogP contribution in [-0.4, -0.2) is 31.8 Å². The van der Waals surface area contributed by atoms with E-state index in [0.29, 0.717) is 16.0 Å². The van der Waals surface area contributed by atoms with Crippen molar-refractivity contribution in [3.05, 3.63) is 17.4 Å². The van der Waals surface area contributed by atoms with Gasteiger partial charge in [0.2, 0.25) is 11.1 Å². The van der Waals surface area contributed by atoms with E-state index in [9.17, 15) is 4.79 Å². The lowest BCUT2D eigenvalue weighted by Crippen LogP contribution is -2.49. The molecule has 4 saturated carbocycles. The number of carbonyl (C=O) groups excluding carboxylic acids is 1. The Balaban J connectivity index is 1.24. The monoisotopic (exact) mass is 375 g/mol. The van der Waals surface area contributed by atoms with Crippen LogP contribution in [0.4, 0.5) is 5.13 Å². The summed E-state index contributed by atoms with van der Waals surface area (Å²) in [6.07, 6.45) is 9.75. The highest BCUT2D eigenvalue weighted by atomic mass is 32.2. The second-order valence-corrected chi connectivity index (χ2v) is 9.68. The fraction of sp³-hybridized carbons (Fsp3) is 0.647. The van der Waals surface area contributed by atoms with Gasteiger partial charge in [-0.25, -0.2) is 9.97 Å². The Morgan fingerprint density at radius 2 is 2.00 bits per heavy atom. The molecule has 0 radical (unpaired) electrons. The molecule has 1 amide bonds. The maximum absolute atomic E-state index is 12.0. The van der Waals surface area contributed by atoms with Crippen LogP contribution in [0.25, 0.3) is 0 Å². The first-order valence-electron chi connectivity index (χ1n) is 8.93. The molecule has 25 heavy (non-hydrogen) atoms. The van der Waals surface area contributed by atoms with Gasteiger partial charge in [0.1, 0.15) is 5.82 Å². The van der Waals surface area contributed by atoms with Crippen molar-refractivity contribution in [2.24, 2.45) is 17.8 Å². The van der Waals surface area contributed by atoms with Crippen LogP contribution in [0.2, 0.25) is 0 Å². The smallest absolute Gasteiger partial charge is 0.236 e. The van der Waals surface area contributed by atoms with Crippen molar-refractivity contribution in [3.63, 3.8) is 0 Å². The molecule has 2 aromatic rings. The lowest BCUT2D eigenvalue weighted by molar-refractivity contribution is -0.113. The first kappa shape index (κ1) is 15.8. The van der Waals surface area contributed by atoms with E-state index < -0.39 is 0 Å². The Morgan fingerprint density at radius 1 is 1.28 bits per heavy atom. The minimum Gasteiger partial charge on any atom is -0.301 e. The highest BCUT2D eigenvalue weighted by Crippen LogP contribution is 2.60. The first-order valence-corrected chi connectivity index (χ1v) is 10.8. The van der Waals surface area contributed by atoms with Crippen molar-refractivity contribution in [1.82, 2.24) is 20.2 Å². The molecule has 2 N–H and O–H groups in total. The van der Waals surface area contributed by atoms with Crippen LogP contribution in [0.15, 0.2) is 16.7 Å². The van der Waals surface area contributed by atoms with Gasteiger partial charge in [0.15, 0.2) is 5.13 Å². The van der Waals surface area contributed by atoms with Crippen molar-refractivity contribution in [2.45, 2.75) is 49.1 Å². The van der Waals surface area contributed by atoms with Gasteiger partial charge in [-0.2, -0.15) is 0 Å². The molecule has 8 heteroatoms. The van der Waals surface area contributed by atoms with Crippen molar-refractivity contribution in [2.75, 3.05) is 11.1 Å². The van der Waals surface area contributed by atoms with Gasteiger partial charge in [-0.05, 0) is 56.3 Å². The van der Waals surface area contributed by atoms with Crippen LogP contribution < -0.4 is 5.32 Å². The lowest BCUT2D eigenvalue weighted by atomic mass is 9.49. The SMILES string of the molecule is O=C(CSc1n[nH]c(C23CC4CC(CC(C4)C2)C3)n1)Nc1nccs1. The number of hydrogen-bond donors (Lipinski definition) is 2. The third-order valence-electron chi connectivity index (χ3n) is 6.02. The third kappa shape index (κ3) is 2.99. The van der Waals surface area contributed by atoms with Gasteiger partial charge in [-0.3, -0.25) is 9.89 Å². The average molecular weight is 376 g/mol. The number of aromatic amines is 1. The van der Waals surface area contributed by atoms with Gasteiger partial charge >= 0.3 is 0 Å². The van der Waals surface area contributed by atoms with E-state index >= 15 is 0 Å². The molecule has 2 aromatic heterocycles. The molecule has 4 bridgehead atoms. The number of rotatable bonds is 5. The average Bonchev–Trinajstić information content (AvgIpc) is 3.23. The van der Waals surface area contributed by atoms with E-state index in [1.807, 2.05) is 5.38 Å². The summed E-state index contributed by atoms with van der Waals surface area (Å²) in [5.74, 6) is 3.96. The van der Waals surface area contributed by atoms with Crippen molar-refractivity contribution in [3.8, 4) is 0 Å². The highest BCUT2D eigenvalue weighted by Gasteiger charge is 2.53. The molecule has 4 fully saturated rings. The maximum Gasteiger partial charge on any atom is 0.236 e. The molecule has 0 spiro atoms. The summed E-state index contributed by atoms with van der Waals surface area (Å²) in [5.41, 5.74) is 0.226. The van der Waals surface area contributed by atoms with Crippen LogP contribution in [0.3, 0.4) is 0 Å². The Bertz CT molecular complexity index is 737. The summed E-state index contributed by atoms with van der Waals surface area (Å²) >= 11 is 2.81. The normalized spacial score (nSPS) is 32.9. The van der Waals surface area contributed by atoms with Crippen molar-refractivity contribution in [1.29, 1.82) is 0 Å². The first-order chi connectivity index (χ1) is 12.2. The molecule has 0 saturated heterocycles. The number of anilines is 1. The van der Waals surface area contributed by atoms with Gasteiger partial charge in [-0.15, -0.1) is 16.4 Å². The third-order valence-corrected chi connectivity index (χ3v) is 7.55.